The Balaban J connectivity index is 2.77. The molecule has 4 nitrogen and oxygen atoms in total. The Kier molecular flexibility index (Phi) is 4.07. The first kappa shape index (κ1) is 10.7. The van der Waals surface area contributed by atoms with Crippen molar-refractivity contribution in [2.24, 2.45) is 5.73 Å². The summed E-state index contributed by atoms with van der Waals surface area (Å²) in [5.74, 6) is -0.312. The van der Waals surface area contributed by atoms with Gasteiger partial charge in [-0.2, -0.15) is 0 Å². The molecule has 1 heterocycles. The fourth-order valence-electron chi connectivity index (χ4n) is 1.10. The van der Waals surface area contributed by atoms with E-state index in [2.05, 4.69) is 4.98 Å². The van der Waals surface area contributed by atoms with E-state index in [1.165, 1.54) is 0 Å². The number of ether oxygens (including phenoxy) is 1. The second-order valence-electron chi connectivity index (χ2n) is 2.79. The molecule has 0 saturated carbocycles. The Morgan fingerprint density at radius 1 is 1.64 bits per heavy atom. The van der Waals surface area contributed by atoms with E-state index in [4.69, 9.17) is 10.5 Å². The van der Waals surface area contributed by atoms with Crippen molar-refractivity contribution in [1.29, 1.82) is 0 Å². The zero-order valence-corrected chi connectivity index (χ0v) is 8.19. The summed E-state index contributed by atoms with van der Waals surface area (Å²) in [5.41, 5.74) is 6.74. The van der Waals surface area contributed by atoms with Gasteiger partial charge in [0.25, 0.3) is 0 Å². The molecule has 0 aromatic carbocycles. The molecule has 0 amide bonds. The van der Waals surface area contributed by atoms with Crippen molar-refractivity contribution in [2.45, 2.75) is 13.3 Å². The maximum absolute atomic E-state index is 11.3. The third-order valence-electron chi connectivity index (χ3n) is 1.73. The predicted octanol–water partition coefficient (Wildman–Crippen LogP) is 0.759. The zero-order chi connectivity index (χ0) is 10.4. The number of carbonyl (C=O) groups excluding carboxylic acids is 1. The molecular weight excluding hydrogens is 180 g/mol. The summed E-state index contributed by atoms with van der Waals surface area (Å²) >= 11 is 0. The van der Waals surface area contributed by atoms with Crippen LogP contribution in [0.5, 0.6) is 0 Å². The van der Waals surface area contributed by atoms with E-state index in [1.54, 1.807) is 25.3 Å². The average molecular weight is 194 g/mol. The number of aromatic nitrogens is 1. The molecule has 0 aliphatic carbocycles. The van der Waals surface area contributed by atoms with Gasteiger partial charge in [0, 0.05) is 18.3 Å². The lowest BCUT2D eigenvalue weighted by Crippen LogP contribution is -2.08. The van der Waals surface area contributed by atoms with Crippen molar-refractivity contribution in [3.05, 3.63) is 29.6 Å². The summed E-state index contributed by atoms with van der Waals surface area (Å²) in [4.78, 5) is 15.4. The first-order valence-corrected chi connectivity index (χ1v) is 4.60. The van der Waals surface area contributed by atoms with Crippen molar-refractivity contribution in [3.8, 4) is 0 Å². The normalized spacial score (nSPS) is 9.86. The molecule has 0 fully saturated rings. The van der Waals surface area contributed by atoms with Crippen molar-refractivity contribution in [1.82, 2.24) is 4.98 Å². The van der Waals surface area contributed by atoms with Crippen LogP contribution in [0.3, 0.4) is 0 Å². The van der Waals surface area contributed by atoms with Crippen LogP contribution in [0.4, 0.5) is 0 Å². The van der Waals surface area contributed by atoms with Crippen LogP contribution in [-0.4, -0.2) is 24.1 Å². The molecule has 14 heavy (non-hydrogen) atoms. The quantitative estimate of drug-likeness (QED) is 0.719. The fourth-order valence-corrected chi connectivity index (χ4v) is 1.10. The minimum absolute atomic E-state index is 0.312. The predicted molar refractivity (Wildman–Crippen MR) is 53.0 cm³/mol. The highest BCUT2D eigenvalue weighted by Gasteiger charge is 2.06. The molecule has 76 valence electrons. The van der Waals surface area contributed by atoms with Gasteiger partial charge in [-0.05, 0) is 25.6 Å². The fraction of sp³-hybridized carbons (Fsp3) is 0.400. The van der Waals surface area contributed by atoms with Gasteiger partial charge in [0.1, 0.15) is 0 Å². The molecule has 1 rings (SSSR count). The van der Waals surface area contributed by atoms with Gasteiger partial charge < -0.3 is 10.5 Å². The van der Waals surface area contributed by atoms with E-state index in [0.29, 0.717) is 25.1 Å². The number of pyridine rings is 1. The first-order chi connectivity index (χ1) is 6.77. The van der Waals surface area contributed by atoms with E-state index in [0.717, 1.165) is 5.69 Å². The van der Waals surface area contributed by atoms with E-state index in [9.17, 15) is 4.79 Å². The van der Waals surface area contributed by atoms with Crippen molar-refractivity contribution in [3.63, 3.8) is 0 Å². The Morgan fingerprint density at radius 2 is 2.43 bits per heavy atom. The molecule has 0 aliphatic heterocycles. The molecule has 1 aromatic heterocycles. The molecule has 1 aromatic rings. The largest absolute Gasteiger partial charge is 0.462 e. The van der Waals surface area contributed by atoms with Crippen LogP contribution in [-0.2, 0) is 11.2 Å². The van der Waals surface area contributed by atoms with E-state index >= 15 is 0 Å². The van der Waals surface area contributed by atoms with Gasteiger partial charge in [-0.15, -0.1) is 0 Å². The number of nitrogens with two attached hydrogens (primary N) is 1. The van der Waals surface area contributed by atoms with E-state index in [1.807, 2.05) is 0 Å². The number of hydrogen-bond donors (Lipinski definition) is 1. The highest BCUT2D eigenvalue weighted by Crippen LogP contribution is 2.04. The van der Waals surface area contributed by atoms with Crippen LogP contribution in [0.1, 0.15) is 23.0 Å². The molecule has 0 bridgehead atoms. The Hall–Kier alpha value is -1.42. The Labute approximate surface area is 83.1 Å². The zero-order valence-electron chi connectivity index (χ0n) is 8.19. The van der Waals surface area contributed by atoms with E-state index < -0.39 is 0 Å². The highest BCUT2D eigenvalue weighted by atomic mass is 16.5. The monoisotopic (exact) mass is 194 g/mol. The molecule has 0 radical (unpaired) electrons. The third-order valence-corrected chi connectivity index (χ3v) is 1.73. The minimum Gasteiger partial charge on any atom is -0.462 e. The molecule has 0 aliphatic rings. The van der Waals surface area contributed by atoms with Gasteiger partial charge in [-0.1, -0.05) is 0 Å². The molecular formula is C10H14N2O2. The number of rotatable bonds is 4. The van der Waals surface area contributed by atoms with Crippen molar-refractivity contribution >= 4 is 5.97 Å². The lowest BCUT2D eigenvalue weighted by Gasteiger charge is -2.03. The molecule has 2 N–H and O–H groups in total. The standard InChI is InChI=1S/C10H14N2O2/c1-2-14-10(13)8-4-6-12-9(7-8)3-5-11/h4,6-7H,2-3,5,11H2,1H3. The number of carbonyl (C=O) groups is 1. The molecule has 0 spiro atoms. The van der Waals surface area contributed by atoms with Crippen molar-refractivity contribution in [2.75, 3.05) is 13.2 Å². The van der Waals surface area contributed by atoms with Crippen LogP contribution in [0.25, 0.3) is 0 Å². The van der Waals surface area contributed by atoms with Gasteiger partial charge in [0.2, 0.25) is 0 Å². The van der Waals surface area contributed by atoms with Gasteiger partial charge in [0.05, 0.1) is 12.2 Å². The number of hydrogen-bond acceptors (Lipinski definition) is 4. The first-order valence-electron chi connectivity index (χ1n) is 4.60. The van der Waals surface area contributed by atoms with Crippen LogP contribution in [0.2, 0.25) is 0 Å². The van der Waals surface area contributed by atoms with Crippen LogP contribution in [0, 0.1) is 0 Å². The third kappa shape index (κ3) is 2.81. The average Bonchev–Trinajstić information content (AvgIpc) is 2.19. The topological polar surface area (TPSA) is 65.2 Å². The van der Waals surface area contributed by atoms with Gasteiger partial charge in [-0.3, -0.25) is 4.98 Å². The van der Waals surface area contributed by atoms with Crippen LogP contribution >= 0.6 is 0 Å². The lowest BCUT2D eigenvalue weighted by molar-refractivity contribution is 0.0526. The lowest BCUT2D eigenvalue weighted by atomic mass is 10.2. The van der Waals surface area contributed by atoms with Crippen molar-refractivity contribution < 1.29 is 9.53 Å². The van der Waals surface area contributed by atoms with Crippen LogP contribution < -0.4 is 5.73 Å². The SMILES string of the molecule is CCOC(=O)c1ccnc(CCN)c1. The molecule has 0 atom stereocenters. The van der Waals surface area contributed by atoms with Crippen LogP contribution in [0.15, 0.2) is 18.3 Å². The summed E-state index contributed by atoms with van der Waals surface area (Å²) in [6.07, 6.45) is 2.27. The smallest absolute Gasteiger partial charge is 0.338 e. The summed E-state index contributed by atoms with van der Waals surface area (Å²) in [6.45, 7) is 2.69. The second-order valence-corrected chi connectivity index (χ2v) is 2.79. The Morgan fingerprint density at radius 3 is 3.07 bits per heavy atom. The summed E-state index contributed by atoms with van der Waals surface area (Å²) < 4.78 is 4.86. The van der Waals surface area contributed by atoms with Gasteiger partial charge in [0.15, 0.2) is 0 Å². The van der Waals surface area contributed by atoms with Gasteiger partial charge in [-0.25, -0.2) is 4.79 Å². The number of nitrogens with zero attached hydrogens (tertiary/aromatic N) is 1. The maximum Gasteiger partial charge on any atom is 0.338 e. The highest BCUT2D eigenvalue weighted by molar-refractivity contribution is 5.89. The van der Waals surface area contributed by atoms with Gasteiger partial charge >= 0.3 is 5.97 Å². The Bertz CT molecular complexity index is 313. The molecule has 0 saturated heterocycles. The molecule has 4 heteroatoms. The molecule has 0 unspecified atom stereocenters. The summed E-state index contributed by atoms with van der Waals surface area (Å²) in [6, 6.07) is 3.35. The summed E-state index contributed by atoms with van der Waals surface area (Å²) in [7, 11) is 0. The number of esters is 1. The maximum atomic E-state index is 11.3. The second kappa shape index (κ2) is 5.34. The van der Waals surface area contributed by atoms with E-state index in [-0.39, 0.29) is 5.97 Å². The minimum atomic E-state index is -0.312. The summed E-state index contributed by atoms with van der Waals surface area (Å²) in [5, 5.41) is 0.